The van der Waals surface area contributed by atoms with E-state index in [1.54, 1.807) is 24.4 Å². The lowest BCUT2D eigenvalue weighted by Gasteiger charge is -2.10. The first-order valence-electron chi connectivity index (χ1n) is 6.66. The Labute approximate surface area is 121 Å². The Bertz CT molecular complexity index is 793. The van der Waals surface area contributed by atoms with Gasteiger partial charge < -0.3 is 15.4 Å². The molecule has 0 fully saturated rings. The summed E-state index contributed by atoms with van der Waals surface area (Å²) < 4.78 is 0. The highest BCUT2D eigenvalue weighted by molar-refractivity contribution is 6.00. The van der Waals surface area contributed by atoms with E-state index in [1.807, 2.05) is 24.4 Å². The Balaban J connectivity index is 1.93. The molecule has 5 nitrogen and oxygen atoms in total. The lowest BCUT2D eigenvalue weighted by atomic mass is 10.1. The Morgan fingerprint density at radius 1 is 1.33 bits per heavy atom. The lowest BCUT2D eigenvalue weighted by molar-refractivity contribution is 0.0779. The summed E-state index contributed by atoms with van der Waals surface area (Å²) in [5, 5.41) is 13.6. The third kappa shape index (κ3) is 2.64. The number of Topliss-reactive ketones (excluding diaryl/α,β-unsaturated/α-hetero) is 1. The SMILES string of the molecule is CC(O)C(=O)c1cccc(Nc2ccnc3[nH]ccc23)c1. The maximum absolute atomic E-state index is 11.8. The molecule has 0 saturated carbocycles. The molecule has 106 valence electrons. The number of fused-ring (bicyclic) bond motifs is 1. The zero-order chi connectivity index (χ0) is 14.8. The van der Waals surface area contributed by atoms with Crippen LogP contribution in [0.1, 0.15) is 17.3 Å². The van der Waals surface area contributed by atoms with Crippen molar-refractivity contribution in [2.45, 2.75) is 13.0 Å². The number of aliphatic hydroxyl groups is 1. The van der Waals surface area contributed by atoms with E-state index in [9.17, 15) is 9.90 Å². The molecule has 5 heteroatoms. The zero-order valence-corrected chi connectivity index (χ0v) is 11.5. The Kier molecular flexibility index (Phi) is 3.41. The smallest absolute Gasteiger partial charge is 0.191 e. The molecule has 0 bridgehead atoms. The fourth-order valence-electron chi connectivity index (χ4n) is 2.22. The minimum atomic E-state index is -1.00. The van der Waals surface area contributed by atoms with Crippen LogP contribution in [0.15, 0.2) is 48.8 Å². The predicted octanol–water partition coefficient (Wildman–Crippen LogP) is 2.87. The van der Waals surface area contributed by atoms with Gasteiger partial charge in [-0.3, -0.25) is 4.79 Å². The minimum absolute atomic E-state index is 0.292. The third-order valence-corrected chi connectivity index (χ3v) is 3.27. The lowest BCUT2D eigenvalue weighted by Crippen LogP contribution is -2.16. The summed E-state index contributed by atoms with van der Waals surface area (Å²) >= 11 is 0. The topological polar surface area (TPSA) is 78.0 Å². The van der Waals surface area contributed by atoms with Crippen LogP contribution >= 0.6 is 0 Å². The number of aliphatic hydroxyl groups excluding tert-OH is 1. The molecule has 2 heterocycles. The van der Waals surface area contributed by atoms with Crippen molar-refractivity contribution in [2.75, 3.05) is 5.32 Å². The number of ketones is 1. The summed E-state index contributed by atoms with van der Waals surface area (Å²) in [4.78, 5) is 19.1. The molecule has 0 spiro atoms. The molecular weight excluding hydrogens is 266 g/mol. The fraction of sp³-hybridized carbons (Fsp3) is 0.125. The van der Waals surface area contributed by atoms with Gasteiger partial charge in [-0.25, -0.2) is 4.98 Å². The fourth-order valence-corrected chi connectivity index (χ4v) is 2.22. The van der Waals surface area contributed by atoms with Crippen LogP contribution in [-0.2, 0) is 0 Å². The van der Waals surface area contributed by atoms with Crippen LogP contribution in [-0.4, -0.2) is 27.0 Å². The van der Waals surface area contributed by atoms with Gasteiger partial charge in [0, 0.05) is 29.0 Å². The molecule has 1 unspecified atom stereocenters. The number of hydrogen-bond acceptors (Lipinski definition) is 4. The second-order valence-electron chi connectivity index (χ2n) is 4.84. The molecule has 0 aliphatic heterocycles. The van der Waals surface area contributed by atoms with E-state index in [1.165, 1.54) is 6.92 Å². The van der Waals surface area contributed by atoms with E-state index in [0.29, 0.717) is 5.56 Å². The maximum atomic E-state index is 11.8. The first kappa shape index (κ1) is 13.3. The average Bonchev–Trinajstić information content (AvgIpc) is 2.96. The molecular formula is C16H15N3O2. The summed E-state index contributed by atoms with van der Waals surface area (Å²) in [5.74, 6) is -0.292. The van der Waals surface area contributed by atoms with E-state index in [2.05, 4.69) is 15.3 Å². The van der Waals surface area contributed by atoms with Gasteiger partial charge in [0.25, 0.3) is 0 Å². The van der Waals surface area contributed by atoms with Crippen LogP contribution < -0.4 is 5.32 Å². The van der Waals surface area contributed by atoms with Crippen molar-refractivity contribution in [1.82, 2.24) is 9.97 Å². The van der Waals surface area contributed by atoms with Crippen molar-refractivity contribution < 1.29 is 9.90 Å². The van der Waals surface area contributed by atoms with Crippen LogP contribution in [0.3, 0.4) is 0 Å². The van der Waals surface area contributed by atoms with Gasteiger partial charge in [0.2, 0.25) is 0 Å². The van der Waals surface area contributed by atoms with E-state index in [4.69, 9.17) is 0 Å². The van der Waals surface area contributed by atoms with E-state index in [-0.39, 0.29) is 5.78 Å². The van der Waals surface area contributed by atoms with Crippen molar-refractivity contribution in [2.24, 2.45) is 0 Å². The number of H-pyrrole nitrogens is 1. The number of benzene rings is 1. The van der Waals surface area contributed by atoms with Crippen molar-refractivity contribution >= 4 is 28.2 Å². The number of nitrogens with zero attached hydrogens (tertiary/aromatic N) is 1. The van der Waals surface area contributed by atoms with Gasteiger partial charge >= 0.3 is 0 Å². The highest BCUT2D eigenvalue weighted by Gasteiger charge is 2.12. The van der Waals surface area contributed by atoms with Crippen molar-refractivity contribution in [3.05, 3.63) is 54.4 Å². The predicted molar refractivity (Wildman–Crippen MR) is 81.8 cm³/mol. The van der Waals surface area contributed by atoms with Crippen molar-refractivity contribution in [1.29, 1.82) is 0 Å². The molecule has 0 aliphatic carbocycles. The number of aromatic nitrogens is 2. The molecule has 0 aliphatic rings. The Morgan fingerprint density at radius 3 is 3.00 bits per heavy atom. The van der Waals surface area contributed by atoms with E-state index < -0.39 is 6.10 Å². The zero-order valence-electron chi connectivity index (χ0n) is 11.5. The first-order chi connectivity index (χ1) is 10.1. The number of carbonyl (C=O) groups is 1. The molecule has 3 aromatic rings. The highest BCUT2D eigenvalue weighted by atomic mass is 16.3. The summed E-state index contributed by atoms with van der Waals surface area (Å²) in [6, 6.07) is 10.9. The van der Waals surface area contributed by atoms with Gasteiger partial charge in [0.1, 0.15) is 11.8 Å². The number of carbonyl (C=O) groups excluding carboxylic acids is 1. The molecule has 3 rings (SSSR count). The molecule has 0 amide bonds. The number of aromatic amines is 1. The van der Waals surface area contributed by atoms with Crippen molar-refractivity contribution in [3.8, 4) is 0 Å². The molecule has 1 aromatic carbocycles. The number of anilines is 2. The monoisotopic (exact) mass is 281 g/mol. The van der Waals surface area contributed by atoms with Crippen LogP contribution in [0.5, 0.6) is 0 Å². The molecule has 1 atom stereocenters. The standard InChI is InChI=1S/C16H15N3O2/c1-10(20)15(21)11-3-2-4-12(9-11)19-14-6-8-18-16-13(14)5-7-17-16/h2-10,20H,1H3,(H2,17,18,19). The second kappa shape index (κ2) is 5.38. The highest BCUT2D eigenvalue weighted by Crippen LogP contribution is 2.25. The molecule has 3 N–H and O–H groups in total. The Morgan fingerprint density at radius 2 is 2.19 bits per heavy atom. The van der Waals surface area contributed by atoms with Crippen LogP contribution in [0.25, 0.3) is 11.0 Å². The van der Waals surface area contributed by atoms with Crippen LogP contribution in [0.4, 0.5) is 11.4 Å². The van der Waals surface area contributed by atoms with Gasteiger partial charge in [-0.2, -0.15) is 0 Å². The van der Waals surface area contributed by atoms with Crippen molar-refractivity contribution in [3.63, 3.8) is 0 Å². The largest absolute Gasteiger partial charge is 0.385 e. The third-order valence-electron chi connectivity index (χ3n) is 3.27. The van der Waals surface area contributed by atoms with Crippen LogP contribution in [0.2, 0.25) is 0 Å². The summed E-state index contributed by atoms with van der Waals surface area (Å²) in [6.07, 6.45) is 2.54. The summed E-state index contributed by atoms with van der Waals surface area (Å²) in [6.45, 7) is 1.47. The van der Waals surface area contributed by atoms with E-state index >= 15 is 0 Å². The normalized spacial score (nSPS) is 12.3. The number of rotatable bonds is 4. The van der Waals surface area contributed by atoms with E-state index in [0.717, 1.165) is 22.4 Å². The molecule has 0 saturated heterocycles. The van der Waals surface area contributed by atoms with Gasteiger partial charge in [-0.05, 0) is 31.2 Å². The Hall–Kier alpha value is -2.66. The van der Waals surface area contributed by atoms with Gasteiger partial charge in [-0.15, -0.1) is 0 Å². The summed E-state index contributed by atoms with van der Waals surface area (Å²) in [5.41, 5.74) is 2.98. The molecule has 2 aromatic heterocycles. The van der Waals surface area contributed by atoms with Crippen LogP contribution in [0, 0.1) is 0 Å². The first-order valence-corrected chi connectivity index (χ1v) is 6.66. The summed E-state index contributed by atoms with van der Waals surface area (Å²) in [7, 11) is 0. The van der Waals surface area contributed by atoms with Gasteiger partial charge in [0.15, 0.2) is 5.78 Å². The number of hydrogen-bond donors (Lipinski definition) is 3. The second-order valence-corrected chi connectivity index (χ2v) is 4.84. The minimum Gasteiger partial charge on any atom is -0.385 e. The maximum Gasteiger partial charge on any atom is 0.191 e. The quantitative estimate of drug-likeness (QED) is 0.643. The number of nitrogens with one attached hydrogen (secondary N) is 2. The molecule has 0 radical (unpaired) electrons. The average molecular weight is 281 g/mol. The van der Waals surface area contributed by atoms with Gasteiger partial charge in [-0.1, -0.05) is 12.1 Å². The number of pyridine rings is 1. The molecule has 21 heavy (non-hydrogen) atoms. The van der Waals surface area contributed by atoms with Gasteiger partial charge in [0.05, 0.1) is 5.69 Å².